The van der Waals surface area contributed by atoms with Crippen LogP contribution in [0.25, 0.3) is 66.4 Å². The second kappa shape index (κ2) is 14.4. The van der Waals surface area contributed by atoms with E-state index in [1.807, 2.05) is 0 Å². The van der Waals surface area contributed by atoms with E-state index in [-0.39, 0.29) is 10.8 Å². The zero-order chi connectivity index (χ0) is 46.2. The molecule has 0 aliphatic heterocycles. The topological polar surface area (TPSA) is 16.4 Å². The summed E-state index contributed by atoms with van der Waals surface area (Å²) >= 11 is 0. The summed E-state index contributed by atoms with van der Waals surface area (Å²) < 4.78 is 6.72. The van der Waals surface area contributed by atoms with E-state index in [2.05, 4.69) is 257 Å². The predicted molar refractivity (Wildman–Crippen MR) is 286 cm³/mol. The minimum Gasteiger partial charge on any atom is -0.456 e. The monoisotopic (exact) mass is 883 g/mol. The maximum absolute atomic E-state index is 6.72. The number of hydrogen-bond donors (Lipinski definition) is 0. The number of benzene rings is 10. The van der Waals surface area contributed by atoms with Crippen molar-refractivity contribution in [3.63, 3.8) is 0 Å². The summed E-state index contributed by atoms with van der Waals surface area (Å²) in [5.74, 6) is 0. The van der Waals surface area contributed by atoms with E-state index in [4.69, 9.17) is 4.42 Å². The van der Waals surface area contributed by atoms with Crippen LogP contribution < -0.4 is 4.90 Å². The van der Waals surface area contributed by atoms with Gasteiger partial charge in [0.05, 0.1) is 5.41 Å². The second-order valence-corrected chi connectivity index (χ2v) is 20.4. The van der Waals surface area contributed by atoms with E-state index in [0.29, 0.717) is 0 Å². The van der Waals surface area contributed by atoms with Crippen molar-refractivity contribution in [3.05, 3.63) is 269 Å². The SMILES string of the molecule is CC1(C)c2ccccc2-c2ccc(N(c3ccc4c(c3)-c3c(cc5oc6ccccc6c5c3-c3ccccc3)C4(C)C)c3ccc4c(c3)C(c3ccccc3)(c3ccccc3)c3ccccc3-4)cc21. The summed E-state index contributed by atoms with van der Waals surface area (Å²) in [6.07, 6.45) is 0. The van der Waals surface area contributed by atoms with E-state index in [1.54, 1.807) is 0 Å². The van der Waals surface area contributed by atoms with Crippen LogP contribution in [0.2, 0.25) is 0 Å². The molecule has 0 saturated carbocycles. The Morgan fingerprint density at radius 2 is 0.826 bits per heavy atom. The quantitative estimate of drug-likeness (QED) is 0.165. The summed E-state index contributed by atoms with van der Waals surface area (Å²) in [7, 11) is 0. The minimum atomic E-state index is -0.540. The molecule has 3 aliphatic carbocycles. The first-order chi connectivity index (χ1) is 33.7. The van der Waals surface area contributed by atoms with Crippen molar-refractivity contribution in [2.45, 2.75) is 43.9 Å². The summed E-state index contributed by atoms with van der Waals surface area (Å²) in [5.41, 5.74) is 24.8. The highest BCUT2D eigenvalue weighted by atomic mass is 16.3. The lowest BCUT2D eigenvalue weighted by Crippen LogP contribution is -2.28. The molecule has 0 N–H and O–H groups in total. The summed E-state index contributed by atoms with van der Waals surface area (Å²) in [6.45, 7) is 9.52. The molecule has 2 nitrogen and oxygen atoms in total. The Hall–Kier alpha value is -8.20. The van der Waals surface area contributed by atoms with E-state index in [1.165, 1.54) is 94.4 Å². The fraction of sp³-hybridized carbons (Fsp3) is 0.104. The van der Waals surface area contributed by atoms with Gasteiger partial charge in [0.1, 0.15) is 11.2 Å². The number of furan rings is 1. The molecule has 10 aromatic carbocycles. The molecule has 14 rings (SSSR count). The highest BCUT2D eigenvalue weighted by molar-refractivity contribution is 6.18. The number of anilines is 3. The van der Waals surface area contributed by atoms with Gasteiger partial charge in [-0.05, 0) is 132 Å². The van der Waals surface area contributed by atoms with Gasteiger partial charge in [-0.15, -0.1) is 0 Å². The average Bonchev–Trinajstić information content (AvgIpc) is 4.06. The van der Waals surface area contributed by atoms with Gasteiger partial charge in [0, 0.05) is 44.2 Å². The van der Waals surface area contributed by atoms with Gasteiger partial charge in [0.2, 0.25) is 0 Å². The third-order valence-electron chi connectivity index (χ3n) is 16.1. The number of fused-ring (bicyclic) bond motifs is 12. The predicted octanol–water partition coefficient (Wildman–Crippen LogP) is 17.7. The van der Waals surface area contributed by atoms with Gasteiger partial charge in [0.15, 0.2) is 0 Å². The van der Waals surface area contributed by atoms with E-state index >= 15 is 0 Å². The van der Waals surface area contributed by atoms with Crippen molar-refractivity contribution in [1.29, 1.82) is 0 Å². The highest BCUT2D eigenvalue weighted by Crippen LogP contribution is 2.60. The number of para-hydroxylation sites is 1. The third kappa shape index (κ3) is 5.43. The molecule has 328 valence electrons. The van der Waals surface area contributed by atoms with E-state index in [0.717, 1.165) is 33.6 Å². The molecule has 11 aromatic rings. The Bertz CT molecular complexity index is 3850. The van der Waals surface area contributed by atoms with Gasteiger partial charge >= 0.3 is 0 Å². The molecule has 0 amide bonds. The molecule has 1 aromatic heterocycles. The Morgan fingerprint density at radius 1 is 0.333 bits per heavy atom. The maximum atomic E-state index is 6.72. The Kier molecular flexibility index (Phi) is 8.33. The first-order valence-electron chi connectivity index (χ1n) is 24.3. The summed E-state index contributed by atoms with van der Waals surface area (Å²) in [6, 6.07) is 83.8. The Balaban J connectivity index is 1.05. The first-order valence-corrected chi connectivity index (χ1v) is 24.3. The standard InChI is InChI=1S/C67H49NO/c1-65(2)54-29-17-14-26-48(54)50-35-32-46(39-57(50)65)68(47-33-36-51-49-27-15-18-30-56(49)67(58(51)40-47,43-22-10-6-11-23-43)44-24-12-7-13-25-44)45-34-37-55-53(38-45)63-59(66(55,3)4)41-61-64(52-28-16-19-31-60(52)69-61)62(63)42-20-8-5-9-21-42/h5-41H,1-4H3. The van der Waals surface area contributed by atoms with Crippen molar-refractivity contribution in [1.82, 2.24) is 0 Å². The van der Waals surface area contributed by atoms with Crippen LogP contribution in [0.4, 0.5) is 17.1 Å². The third-order valence-corrected chi connectivity index (χ3v) is 16.1. The normalized spacial score (nSPS) is 15.0. The van der Waals surface area contributed by atoms with Crippen LogP contribution in [0.3, 0.4) is 0 Å². The molecule has 0 saturated heterocycles. The lowest BCUT2D eigenvalue weighted by atomic mass is 9.67. The summed E-state index contributed by atoms with van der Waals surface area (Å²) in [5, 5.41) is 2.30. The van der Waals surface area contributed by atoms with Crippen molar-refractivity contribution >= 4 is 39.0 Å². The van der Waals surface area contributed by atoms with Gasteiger partial charge in [0.25, 0.3) is 0 Å². The van der Waals surface area contributed by atoms with Gasteiger partial charge < -0.3 is 9.32 Å². The van der Waals surface area contributed by atoms with Crippen LogP contribution in [-0.2, 0) is 16.2 Å². The highest BCUT2D eigenvalue weighted by Gasteiger charge is 2.47. The first kappa shape index (κ1) is 39.9. The van der Waals surface area contributed by atoms with Crippen molar-refractivity contribution in [3.8, 4) is 44.5 Å². The number of nitrogens with zero attached hydrogens (tertiary/aromatic N) is 1. The Labute approximate surface area is 403 Å². The second-order valence-electron chi connectivity index (χ2n) is 20.4. The number of rotatable bonds is 6. The molecule has 2 heteroatoms. The average molecular weight is 884 g/mol. The van der Waals surface area contributed by atoms with Gasteiger partial charge in [-0.2, -0.15) is 0 Å². The summed E-state index contributed by atoms with van der Waals surface area (Å²) in [4.78, 5) is 2.53. The fourth-order valence-corrected chi connectivity index (χ4v) is 13.0. The van der Waals surface area contributed by atoms with Crippen molar-refractivity contribution in [2.75, 3.05) is 4.90 Å². The molecule has 1 heterocycles. The maximum Gasteiger partial charge on any atom is 0.136 e. The van der Waals surface area contributed by atoms with Gasteiger partial charge in [-0.25, -0.2) is 0 Å². The molecule has 0 atom stereocenters. The van der Waals surface area contributed by atoms with Crippen molar-refractivity contribution < 1.29 is 4.42 Å². The molecular formula is C67H49NO. The fourth-order valence-electron chi connectivity index (χ4n) is 13.0. The van der Waals surface area contributed by atoms with Crippen LogP contribution in [0.15, 0.2) is 229 Å². The zero-order valence-corrected chi connectivity index (χ0v) is 39.2. The molecule has 0 bridgehead atoms. The lowest BCUT2D eigenvalue weighted by Gasteiger charge is -2.35. The molecule has 0 fully saturated rings. The van der Waals surface area contributed by atoms with Crippen LogP contribution in [0, 0.1) is 0 Å². The van der Waals surface area contributed by atoms with Crippen LogP contribution in [-0.4, -0.2) is 0 Å². The van der Waals surface area contributed by atoms with E-state index < -0.39 is 5.41 Å². The number of hydrogen-bond acceptors (Lipinski definition) is 2. The van der Waals surface area contributed by atoms with Crippen molar-refractivity contribution in [2.24, 2.45) is 0 Å². The van der Waals surface area contributed by atoms with E-state index in [9.17, 15) is 0 Å². The lowest BCUT2D eigenvalue weighted by molar-refractivity contribution is 0.647. The smallest absolute Gasteiger partial charge is 0.136 e. The van der Waals surface area contributed by atoms with Gasteiger partial charge in [-0.1, -0.05) is 204 Å². The molecular weight excluding hydrogens is 835 g/mol. The Morgan fingerprint density at radius 3 is 1.52 bits per heavy atom. The van der Waals surface area contributed by atoms with Crippen LogP contribution in [0.1, 0.15) is 72.2 Å². The van der Waals surface area contributed by atoms with Crippen LogP contribution in [0.5, 0.6) is 0 Å². The minimum absolute atomic E-state index is 0.173. The zero-order valence-electron chi connectivity index (χ0n) is 39.2. The molecule has 69 heavy (non-hydrogen) atoms. The molecule has 0 radical (unpaired) electrons. The van der Waals surface area contributed by atoms with Gasteiger partial charge in [-0.3, -0.25) is 0 Å². The molecule has 0 spiro atoms. The molecule has 0 unspecified atom stereocenters. The largest absolute Gasteiger partial charge is 0.456 e. The molecule has 3 aliphatic rings. The van der Waals surface area contributed by atoms with Crippen LogP contribution >= 0.6 is 0 Å².